The van der Waals surface area contributed by atoms with Gasteiger partial charge in [-0.15, -0.1) is 0 Å². The van der Waals surface area contributed by atoms with E-state index in [4.69, 9.17) is 14.2 Å². The van der Waals surface area contributed by atoms with E-state index in [0.717, 1.165) is 25.7 Å². The first-order valence-corrected chi connectivity index (χ1v) is 8.94. The number of aromatic hydroxyl groups is 1. The number of hydrogen-bond acceptors (Lipinski definition) is 6. The van der Waals surface area contributed by atoms with Crippen LogP contribution in [0.15, 0.2) is 36.7 Å². The average molecular weight is 372 g/mol. The number of nitrogens with zero attached hydrogens (tertiary/aromatic N) is 1. The van der Waals surface area contributed by atoms with E-state index in [0.29, 0.717) is 17.2 Å². The summed E-state index contributed by atoms with van der Waals surface area (Å²) in [6.45, 7) is 0. The molecule has 2 aromatic rings. The summed E-state index contributed by atoms with van der Waals surface area (Å²) < 4.78 is 16.8. The number of ether oxygens (including phenoxy) is 3. The predicted molar refractivity (Wildman–Crippen MR) is 99.6 cm³/mol. The predicted octanol–water partition coefficient (Wildman–Crippen LogP) is 2.92. The molecule has 1 aliphatic rings. The Hall–Kier alpha value is -2.96. The van der Waals surface area contributed by atoms with Crippen LogP contribution in [0.2, 0.25) is 0 Å². The Morgan fingerprint density at radius 3 is 2.52 bits per heavy atom. The molecule has 1 aromatic heterocycles. The molecule has 7 heteroatoms. The average Bonchev–Trinajstić information content (AvgIpc) is 2.69. The van der Waals surface area contributed by atoms with Crippen LogP contribution >= 0.6 is 0 Å². The molecular formula is C20H24N2O5. The molecule has 1 saturated carbocycles. The second-order valence-corrected chi connectivity index (χ2v) is 6.45. The molecule has 1 fully saturated rings. The second kappa shape index (κ2) is 8.62. The standard InChI is InChI=1S/C20H24N2O5/c1-25-17-4-3-5-18(19(17)26-2)27-14-8-6-13(7-9-14)22-20(24)15-10-11-21-12-16(15)23/h3-5,10-14,23H,6-9H2,1-2H3,(H,22,24). The third kappa shape index (κ3) is 4.42. The van der Waals surface area contributed by atoms with Gasteiger partial charge in [0, 0.05) is 12.2 Å². The molecule has 0 radical (unpaired) electrons. The summed E-state index contributed by atoms with van der Waals surface area (Å²) >= 11 is 0. The Bertz CT molecular complexity index is 788. The molecule has 1 aliphatic carbocycles. The molecule has 0 unspecified atom stereocenters. The third-order valence-electron chi connectivity index (χ3n) is 4.71. The molecule has 0 bridgehead atoms. The minimum Gasteiger partial charge on any atom is -0.505 e. The van der Waals surface area contributed by atoms with Gasteiger partial charge in [-0.2, -0.15) is 0 Å². The van der Waals surface area contributed by atoms with E-state index in [9.17, 15) is 9.90 Å². The molecule has 0 saturated heterocycles. The zero-order valence-electron chi connectivity index (χ0n) is 15.5. The molecular weight excluding hydrogens is 348 g/mol. The van der Waals surface area contributed by atoms with Gasteiger partial charge in [0.2, 0.25) is 5.75 Å². The number of aromatic nitrogens is 1. The van der Waals surface area contributed by atoms with Crippen molar-refractivity contribution in [2.45, 2.75) is 37.8 Å². The summed E-state index contributed by atoms with van der Waals surface area (Å²) in [4.78, 5) is 16.1. The lowest BCUT2D eigenvalue weighted by atomic mass is 9.92. The fraction of sp³-hybridized carbons (Fsp3) is 0.400. The fourth-order valence-corrected chi connectivity index (χ4v) is 3.30. The van der Waals surface area contributed by atoms with Crippen molar-refractivity contribution in [3.05, 3.63) is 42.2 Å². The number of nitrogens with one attached hydrogen (secondary N) is 1. The molecule has 1 heterocycles. The van der Waals surface area contributed by atoms with Crippen LogP contribution < -0.4 is 19.5 Å². The van der Waals surface area contributed by atoms with Crippen LogP contribution in [-0.4, -0.2) is 42.4 Å². The van der Waals surface area contributed by atoms with Crippen LogP contribution in [0.3, 0.4) is 0 Å². The van der Waals surface area contributed by atoms with Crippen molar-refractivity contribution in [1.29, 1.82) is 0 Å². The summed E-state index contributed by atoms with van der Waals surface area (Å²) in [5.41, 5.74) is 0.240. The van der Waals surface area contributed by atoms with Gasteiger partial charge in [-0.1, -0.05) is 6.07 Å². The lowest BCUT2D eigenvalue weighted by Crippen LogP contribution is -2.39. The first-order chi connectivity index (χ1) is 13.1. The van der Waals surface area contributed by atoms with Crippen molar-refractivity contribution < 1.29 is 24.1 Å². The molecule has 0 aliphatic heterocycles. The van der Waals surface area contributed by atoms with Gasteiger partial charge in [0.25, 0.3) is 5.91 Å². The lowest BCUT2D eigenvalue weighted by molar-refractivity contribution is 0.0888. The maximum atomic E-state index is 12.3. The van der Waals surface area contributed by atoms with Crippen molar-refractivity contribution in [2.75, 3.05) is 14.2 Å². The summed E-state index contributed by atoms with van der Waals surface area (Å²) in [6, 6.07) is 7.11. The van der Waals surface area contributed by atoms with E-state index in [2.05, 4.69) is 10.3 Å². The highest BCUT2D eigenvalue weighted by atomic mass is 16.5. The Morgan fingerprint density at radius 1 is 1.11 bits per heavy atom. The summed E-state index contributed by atoms with van der Waals surface area (Å²) in [7, 11) is 3.18. The number of methoxy groups -OCH3 is 2. The molecule has 1 amide bonds. The quantitative estimate of drug-likeness (QED) is 0.810. The third-order valence-corrected chi connectivity index (χ3v) is 4.71. The normalized spacial score (nSPS) is 19.2. The lowest BCUT2D eigenvalue weighted by Gasteiger charge is -2.30. The number of amides is 1. The molecule has 0 spiro atoms. The van der Waals surface area contributed by atoms with E-state index < -0.39 is 0 Å². The van der Waals surface area contributed by atoms with Gasteiger partial charge in [-0.25, -0.2) is 0 Å². The minimum absolute atomic E-state index is 0.0495. The van der Waals surface area contributed by atoms with Gasteiger partial charge in [0.1, 0.15) is 5.75 Å². The summed E-state index contributed by atoms with van der Waals surface area (Å²) in [5, 5.41) is 12.7. The van der Waals surface area contributed by atoms with Crippen molar-refractivity contribution in [3.63, 3.8) is 0 Å². The Morgan fingerprint density at radius 2 is 1.85 bits per heavy atom. The van der Waals surface area contributed by atoms with Crippen molar-refractivity contribution in [1.82, 2.24) is 10.3 Å². The molecule has 144 valence electrons. The first-order valence-electron chi connectivity index (χ1n) is 8.94. The van der Waals surface area contributed by atoms with E-state index in [1.807, 2.05) is 18.2 Å². The number of para-hydroxylation sites is 1. The largest absolute Gasteiger partial charge is 0.505 e. The number of hydrogen-bond donors (Lipinski definition) is 2. The fourth-order valence-electron chi connectivity index (χ4n) is 3.30. The molecule has 0 atom stereocenters. The summed E-state index contributed by atoms with van der Waals surface area (Å²) in [6.07, 6.45) is 6.03. The number of carbonyl (C=O) groups excluding carboxylic acids is 1. The Kier molecular flexibility index (Phi) is 6.01. The van der Waals surface area contributed by atoms with Gasteiger partial charge in [-0.3, -0.25) is 9.78 Å². The van der Waals surface area contributed by atoms with Gasteiger partial charge in [-0.05, 0) is 43.9 Å². The van der Waals surface area contributed by atoms with Crippen molar-refractivity contribution >= 4 is 5.91 Å². The number of pyridine rings is 1. The molecule has 3 rings (SSSR count). The second-order valence-electron chi connectivity index (χ2n) is 6.45. The molecule has 2 N–H and O–H groups in total. The minimum atomic E-state index is -0.284. The van der Waals surface area contributed by atoms with E-state index in [-0.39, 0.29) is 29.4 Å². The SMILES string of the molecule is COc1cccc(OC2CCC(NC(=O)c3ccncc3O)CC2)c1OC. The molecule has 1 aromatic carbocycles. The zero-order chi connectivity index (χ0) is 19.2. The van der Waals surface area contributed by atoms with E-state index in [1.165, 1.54) is 18.5 Å². The van der Waals surface area contributed by atoms with Crippen LogP contribution in [0.4, 0.5) is 0 Å². The Balaban J connectivity index is 1.55. The highest BCUT2D eigenvalue weighted by Crippen LogP contribution is 2.38. The topological polar surface area (TPSA) is 89.9 Å². The van der Waals surface area contributed by atoms with Crippen LogP contribution in [-0.2, 0) is 0 Å². The highest BCUT2D eigenvalue weighted by Gasteiger charge is 2.25. The number of carbonyl (C=O) groups is 1. The maximum Gasteiger partial charge on any atom is 0.255 e. The van der Waals surface area contributed by atoms with Gasteiger partial charge in [0.05, 0.1) is 32.1 Å². The number of benzene rings is 1. The van der Waals surface area contributed by atoms with Gasteiger partial charge < -0.3 is 24.6 Å². The zero-order valence-corrected chi connectivity index (χ0v) is 15.5. The van der Waals surface area contributed by atoms with E-state index >= 15 is 0 Å². The Labute approximate surface area is 158 Å². The highest BCUT2D eigenvalue weighted by molar-refractivity contribution is 5.96. The van der Waals surface area contributed by atoms with Gasteiger partial charge >= 0.3 is 0 Å². The van der Waals surface area contributed by atoms with E-state index in [1.54, 1.807) is 14.2 Å². The van der Waals surface area contributed by atoms with Crippen LogP contribution in [0.25, 0.3) is 0 Å². The van der Waals surface area contributed by atoms with Crippen molar-refractivity contribution in [2.24, 2.45) is 0 Å². The molecule has 7 nitrogen and oxygen atoms in total. The first kappa shape index (κ1) is 18.8. The van der Waals surface area contributed by atoms with Crippen LogP contribution in [0.1, 0.15) is 36.0 Å². The number of rotatable bonds is 6. The summed E-state index contributed by atoms with van der Waals surface area (Å²) in [5.74, 6) is 1.48. The monoisotopic (exact) mass is 372 g/mol. The molecule has 27 heavy (non-hydrogen) atoms. The van der Waals surface area contributed by atoms with Crippen molar-refractivity contribution in [3.8, 4) is 23.0 Å². The van der Waals surface area contributed by atoms with Gasteiger partial charge in [0.15, 0.2) is 11.5 Å². The van der Waals surface area contributed by atoms with Crippen LogP contribution in [0, 0.1) is 0 Å². The van der Waals surface area contributed by atoms with Crippen LogP contribution in [0.5, 0.6) is 23.0 Å². The smallest absolute Gasteiger partial charge is 0.255 e. The maximum absolute atomic E-state index is 12.3.